The van der Waals surface area contributed by atoms with E-state index in [1.165, 1.54) is 5.56 Å². The molecule has 0 N–H and O–H groups in total. The lowest BCUT2D eigenvalue weighted by Gasteiger charge is -2.01. The van der Waals surface area contributed by atoms with E-state index >= 15 is 0 Å². The second kappa shape index (κ2) is 5.07. The van der Waals surface area contributed by atoms with Crippen LogP contribution in [0, 0.1) is 6.92 Å². The first-order valence-electron chi connectivity index (χ1n) is 4.39. The molecule has 0 bridgehead atoms. The van der Waals surface area contributed by atoms with Crippen molar-refractivity contribution in [2.24, 2.45) is 0 Å². The van der Waals surface area contributed by atoms with Gasteiger partial charge in [-0.3, -0.25) is 4.21 Å². The van der Waals surface area contributed by atoms with E-state index in [4.69, 9.17) is 0 Å². The zero-order chi connectivity index (χ0) is 10.5. The predicted molar refractivity (Wildman–Crippen MR) is 62.0 cm³/mol. The Balaban J connectivity index is 0.000000671. The fraction of sp³-hybridized carbons (Fsp3) is 0.364. The van der Waals surface area contributed by atoms with Crippen LogP contribution in [-0.2, 0) is 9.52 Å². The SMILES string of the molecule is C=S(C)(=O)c1ccc(C)cc1.CC. The minimum absolute atomic E-state index is 0.822. The van der Waals surface area contributed by atoms with Gasteiger partial charge in [0.2, 0.25) is 0 Å². The van der Waals surface area contributed by atoms with Crippen LogP contribution < -0.4 is 0 Å². The Labute approximate surface area is 81.8 Å². The molecular formula is C11H18OS. The summed E-state index contributed by atoms with van der Waals surface area (Å²) >= 11 is 0. The number of aryl methyl sites for hydroxylation is 1. The van der Waals surface area contributed by atoms with Crippen molar-refractivity contribution in [2.75, 3.05) is 6.26 Å². The van der Waals surface area contributed by atoms with Gasteiger partial charge in [0, 0.05) is 11.2 Å². The Morgan fingerprint density at radius 2 is 1.54 bits per heavy atom. The maximum absolute atomic E-state index is 11.4. The molecule has 1 aromatic rings. The number of hydrogen-bond donors (Lipinski definition) is 0. The summed E-state index contributed by atoms with van der Waals surface area (Å²) in [6.45, 7) is 6.00. The van der Waals surface area contributed by atoms with E-state index in [2.05, 4.69) is 5.87 Å². The van der Waals surface area contributed by atoms with Crippen molar-refractivity contribution in [3.63, 3.8) is 0 Å². The molecule has 0 heterocycles. The second-order valence-electron chi connectivity index (χ2n) is 2.82. The highest BCUT2D eigenvalue weighted by Gasteiger charge is 1.97. The molecule has 0 aromatic heterocycles. The maximum Gasteiger partial charge on any atom is 0.0302 e. The molecule has 2 heteroatoms. The van der Waals surface area contributed by atoms with Crippen LogP contribution in [0.15, 0.2) is 29.2 Å². The topological polar surface area (TPSA) is 17.1 Å². The second-order valence-corrected chi connectivity index (χ2v) is 5.30. The van der Waals surface area contributed by atoms with Crippen molar-refractivity contribution in [1.82, 2.24) is 0 Å². The van der Waals surface area contributed by atoms with E-state index in [-0.39, 0.29) is 0 Å². The van der Waals surface area contributed by atoms with Gasteiger partial charge in [-0.05, 0) is 34.4 Å². The van der Waals surface area contributed by atoms with E-state index in [1.807, 2.05) is 45.0 Å². The molecule has 0 aliphatic rings. The standard InChI is InChI=1S/C9H12OS.C2H6/c1-8-4-6-9(7-5-8)11(2,3)10;1-2/h4-7H,2H2,1,3H3;1-2H3. The van der Waals surface area contributed by atoms with Gasteiger partial charge < -0.3 is 0 Å². The van der Waals surface area contributed by atoms with Crippen LogP contribution in [0.1, 0.15) is 19.4 Å². The van der Waals surface area contributed by atoms with Gasteiger partial charge in [0.05, 0.1) is 0 Å². The lowest BCUT2D eigenvalue weighted by atomic mass is 10.2. The highest BCUT2D eigenvalue weighted by molar-refractivity contribution is 7.99. The molecule has 0 spiro atoms. The van der Waals surface area contributed by atoms with Crippen molar-refractivity contribution in [3.8, 4) is 0 Å². The molecule has 13 heavy (non-hydrogen) atoms. The molecule has 0 saturated heterocycles. The molecule has 74 valence electrons. The number of hydrogen-bond acceptors (Lipinski definition) is 1. The zero-order valence-corrected chi connectivity index (χ0v) is 9.65. The summed E-state index contributed by atoms with van der Waals surface area (Å²) < 4.78 is 11.4. The summed E-state index contributed by atoms with van der Waals surface area (Å²) in [6.07, 6.45) is 1.65. The first-order valence-corrected chi connectivity index (χ1v) is 6.52. The zero-order valence-electron chi connectivity index (χ0n) is 8.83. The highest BCUT2D eigenvalue weighted by Crippen LogP contribution is 2.08. The first-order chi connectivity index (χ1) is 6.00. The van der Waals surface area contributed by atoms with Crippen LogP contribution in [0.25, 0.3) is 0 Å². The third-order valence-corrected chi connectivity index (χ3v) is 2.79. The Bertz CT molecular complexity index is 333. The predicted octanol–water partition coefficient (Wildman–Crippen LogP) is 2.73. The van der Waals surface area contributed by atoms with Crippen LogP contribution in [-0.4, -0.2) is 16.3 Å². The quantitative estimate of drug-likeness (QED) is 0.634. The monoisotopic (exact) mass is 198 g/mol. The molecule has 1 nitrogen and oxygen atoms in total. The molecule has 1 aromatic carbocycles. The van der Waals surface area contributed by atoms with Gasteiger partial charge in [-0.2, -0.15) is 0 Å². The van der Waals surface area contributed by atoms with Crippen molar-refractivity contribution in [3.05, 3.63) is 29.8 Å². The molecule has 0 fully saturated rings. The Morgan fingerprint density at radius 3 is 1.85 bits per heavy atom. The minimum atomic E-state index is -2.02. The normalized spacial score (nSPS) is 13.8. The summed E-state index contributed by atoms with van der Waals surface area (Å²) in [6, 6.07) is 7.63. The van der Waals surface area contributed by atoms with Crippen molar-refractivity contribution in [2.45, 2.75) is 25.7 Å². The summed E-state index contributed by atoms with van der Waals surface area (Å²) in [7, 11) is -2.02. The molecule has 0 aliphatic carbocycles. The van der Waals surface area contributed by atoms with Crippen LogP contribution in [0.3, 0.4) is 0 Å². The third-order valence-electron chi connectivity index (χ3n) is 1.52. The fourth-order valence-electron chi connectivity index (χ4n) is 0.826. The van der Waals surface area contributed by atoms with Gasteiger partial charge in [0.25, 0.3) is 0 Å². The van der Waals surface area contributed by atoms with Crippen molar-refractivity contribution in [1.29, 1.82) is 0 Å². The third kappa shape index (κ3) is 4.13. The van der Waals surface area contributed by atoms with Gasteiger partial charge in [0.15, 0.2) is 0 Å². The lowest BCUT2D eigenvalue weighted by molar-refractivity contribution is 0.685. The Kier molecular flexibility index (Phi) is 4.78. The van der Waals surface area contributed by atoms with Gasteiger partial charge >= 0.3 is 0 Å². The molecule has 1 unspecified atom stereocenters. The smallest absolute Gasteiger partial charge is 0.0302 e. The molecule has 1 rings (SSSR count). The van der Waals surface area contributed by atoms with E-state index in [0.717, 1.165) is 4.90 Å². The number of rotatable bonds is 1. The lowest BCUT2D eigenvalue weighted by Crippen LogP contribution is -1.95. The Hall–Kier alpha value is -0.760. The van der Waals surface area contributed by atoms with E-state index in [9.17, 15) is 4.21 Å². The molecule has 0 amide bonds. The minimum Gasteiger partial charge on any atom is -0.263 e. The van der Waals surface area contributed by atoms with Crippen LogP contribution in [0.2, 0.25) is 0 Å². The molecule has 0 radical (unpaired) electrons. The summed E-state index contributed by atoms with van der Waals surface area (Å²) in [5, 5.41) is 0. The van der Waals surface area contributed by atoms with E-state index in [0.29, 0.717) is 0 Å². The van der Waals surface area contributed by atoms with Crippen molar-refractivity contribution < 1.29 is 4.21 Å². The summed E-state index contributed by atoms with van der Waals surface area (Å²) in [5.74, 6) is 3.60. The van der Waals surface area contributed by atoms with Gasteiger partial charge in [0.1, 0.15) is 0 Å². The average Bonchev–Trinajstić information content (AvgIpc) is 2.07. The maximum atomic E-state index is 11.4. The molecule has 1 atom stereocenters. The Morgan fingerprint density at radius 1 is 1.15 bits per heavy atom. The van der Waals surface area contributed by atoms with E-state index < -0.39 is 9.52 Å². The van der Waals surface area contributed by atoms with Crippen LogP contribution in [0.5, 0.6) is 0 Å². The fourth-order valence-corrected chi connectivity index (χ4v) is 1.54. The van der Waals surface area contributed by atoms with Gasteiger partial charge in [-0.15, -0.1) is 0 Å². The molecular weight excluding hydrogens is 180 g/mol. The highest BCUT2D eigenvalue weighted by atomic mass is 32.2. The largest absolute Gasteiger partial charge is 0.263 e. The van der Waals surface area contributed by atoms with Crippen LogP contribution >= 0.6 is 0 Å². The molecule has 0 saturated carbocycles. The van der Waals surface area contributed by atoms with Gasteiger partial charge in [-0.25, -0.2) is 0 Å². The van der Waals surface area contributed by atoms with Crippen molar-refractivity contribution >= 4 is 15.4 Å². The average molecular weight is 198 g/mol. The molecule has 0 aliphatic heterocycles. The summed E-state index contributed by atoms with van der Waals surface area (Å²) in [4.78, 5) is 0.822. The van der Waals surface area contributed by atoms with E-state index in [1.54, 1.807) is 6.26 Å². The van der Waals surface area contributed by atoms with Crippen LogP contribution in [0.4, 0.5) is 0 Å². The number of benzene rings is 1. The summed E-state index contributed by atoms with van der Waals surface area (Å²) in [5.41, 5.74) is 1.18. The first kappa shape index (κ1) is 12.2. The van der Waals surface area contributed by atoms with Gasteiger partial charge in [-0.1, -0.05) is 31.5 Å².